The predicted octanol–water partition coefficient (Wildman–Crippen LogP) is 12.3. The lowest BCUT2D eigenvalue weighted by Gasteiger charge is -2.13. The second-order valence-corrected chi connectivity index (χ2v) is 15.5. The summed E-state index contributed by atoms with van der Waals surface area (Å²) in [7, 11) is 2.24. The molecule has 0 aliphatic carbocycles. The van der Waals surface area contributed by atoms with E-state index in [9.17, 15) is 0 Å². The van der Waals surface area contributed by atoms with Crippen molar-refractivity contribution in [3.63, 3.8) is 0 Å². The molecule has 0 saturated carbocycles. The monoisotopic (exact) mass is 729 g/mol. The predicted molar refractivity (Wildman–Crippen MR) is 241 cm³/mol. The van der Waals surface area contributed by atoms with Gasteiger partial charge in [-0.2, -0.15) is 0 Å². The van der Waals surface area contributed by atoms with Crippen LogP contribution in [-0.4, -0.2) is 22.8 Å². The Bertz CT molecular complexity index is 3280. The van der Waals surface area contributed by atoms with Gasteiger partial charge in [0.15, 0.2) is 17.5 Å². The molecule has 5 heteroatoms. The van der Waals surface area contributed by atoms with E-state index in [2.05, 4.69) is 166 Å². The second kappa shape index (κ2) is 13.1. The van der Waals surface area contributed by atoms with E-state index >= 15 is 0 Å². The van der Waals surface area contributed by atoms with Crippen molar-refractivity contribution in [2.75, 3.05) is 0 Å². The average molecular weight is 730 g/mol. The molecule has 11 rings (SSSR count). The van der Waals surface area contributed by atoms with Gasteiger partial charge in [-0.3, -0.25) is 0 Å². The molecule has 0 unspecified atom stereocenters. The molecule has 0 atom stereocenters. The maximum atomic E-state index is 5.24. The maximum absolute atomic E-state index is 5.24. The summed E-state index contributed by atoms with van der Waals surface area (Å²) in [6.45, 7) is 0. The Balaban J connectivity index is 1.12. The van der Waals surface area contributed by atoms with Crippen LogP contribution in [-0.2, 0) is 0 Å². The number of hydrogen-bond acceptors (Lipinski definition) is 4. The Labute approximate surface area is 329 Å². The fraction of sp³-hybridized carbons (Fsp3) is 0. The van der Waals surface area contributed by atoms with E-state index in [-0.39, 0.29) is 0 Å². The van der Waals surface area contributed by atoms with Crippen LogP contribution in [0.1, 0.15) is 0 Å². The van der Waals surface area contributed by atoms with E-state index in [1.165, 1.54) is 69.1 Å². The SMILES string of the molecule is Bc1cc(-c2ccc3c4ccccc4c4ccccc4c3c2)cc2c1sc1cccc(-c3nc(-c4ccccc4)nc(-c4cccc(-c5ccccc5)c4)n3)c12. The molecule has 11 aromatic rings. The lowest BCUT2D eigenvalue weighted by atomic mass is 9.88. The van der Waals surface area contributed by atoms with Gasteiger partial charge in [-0.1, -0.05) is 163 Å². The van der Waals surface area contributed by atoms with Gasteiger partial charge in [0, 0.05) is 36.9 Å². The summed E-state index contributed by atoms with van der Waals surface area (Å²) in [6.07, 6.45) is 0. The summed E-state index contributed by atoms with van der Waals surface area (Å²) in [4.78, 5) is 15.5. The van der Waals surface area contributed by atoms with Crippen LogP contribution in [0.3, 0.4) is 0 Å². The zero-order valence-corrected chi connectivity index (χ0v) is 31.4. The standard InChI is InChI=1S/C51H32BN3S/c52-45-30-36(34-25-26-41-39-21-8-7-19-37(39)38-20-9-10-22-40(38)43(41)28-34)29-44-47-42(23-12-24-46(47)56-48(44)45)51-54-49(32-15-5-2-6-16-32)53-50(55-51)35-18-11-17-33(27-35)31-13-3-1-4-14-31/h1-30H,52H2. The third-order valence-corrected chi connectivity index (χ3v) is 12.3. The zero-order chi connectivity index (χ0) is 37.2. The molecule has 0 fully saturated rings. The maximum Gasteiger partial charge on any atom is 0.164 e. The molecule has 260 valence electrons. The van der Waals surface area contributed by atoms with E-state index in [1.54, 1.807) is 0 Å². The van der Waals surface area contributed by atoms with Gasteiger partial charge in [0.25, 0.3) is 0 Å². The third kappa shape index (κ3) is 5.39. The van der Waals surface area contributed by atoms with Crippen LogP contribution in [0.25, 0.3) is 109 Å². The van der Waals surface area contributed by atoms with Crippen LogP contribution in [0, 0.1) is 0 Å². The molecule has 56 heavy (non-hydrogen) atoms. The molecule has 0 amide bonds. The molecular weight excluding hydrogens is 697 g/mol. The van der Waals surface area contributed by atoms with E-state index in [4.69, 9.17) is 15.0 Å². The highest BCUT2D eigenvalue weighted by atomic mass is 32.1. The third-order valence-electron chi connectivity index (χ3n) is 11.0. The van der Waals surface area contributed by atoms with Gasteiger partial charge in [-0.25, -0.2) is 15.0 Å². The van der Waals surface area contributed by atoms with Gasteiger partial charge >= 0.3 is 0 Å². The zero-order valence-electron chi connectivity index (χ0n) is 30.6. The largest absolute Gasteiger partial charge is 0.208 e. The molecule has 0 radical (unpaired) electrons. The number of fused-ring (bicyclic) bond motifs is 9. The summed E-state index contributed by atoms with van der Waals surface area (Å²) in [5.74, 6) is 1.97. The molecule has 0 aliphatic heterocycles. The lowest BCUT2D eigenvalue weighted by Crippen LogP contribution is -2.02. The first kappa shape index (κ1) is 32.5. The van der Waals surface area contributed by atoms with Crippen molar-refractivity contribution in [1.29, 1.82) is 0 Å². The molecule has 0 aliphatic rings. The molecule has 0 saturated heterocycles. The van der Waals surface area contributed by atoms with Crippen LogP contribution in [0.5, 0.6) is 0 Å². The highest BCUT2D eigenvalue weighted by molar-refractivity contribution is 7.27. The van der Waals surface area contributed by atoms with Crippen molar-refractivity contribution in [1.82, 2.24) is 15.0 Å². The Morgan fingerprint density at radius 3 is 1.57 bits per heavy atom. The van der Waals surface area contributed by atoms with Crippen molar-refractivity contribution in [2.45, 2.75) is 0 Å². The summed E-state index contributed by atoms with van der Waals surface area (Å²) in [6, 6.07) is 64.9. The molecular formula is C51H32BN3S. The number of rotatable bonds is 5. The first-order valence-electron chi connectivity index (χ1n) is 18.9. The second-order valence-electron chi connectivity index (χ2n) is 14.4. The van der Waals surface area contributed by atoms with Gasteiger partial charge in [0.2, 0.25) is 0 Å². The minimum atomic E-state index is 0.649. The smallest absolute Gasteiger partial charge is 0.164 e. The normalized spacial score (nSPS) is 11.6. The summed E-state index contributed by atoms with van der Waals surface area (Å²) in [5.41, 5.74) is 8.83. The minimum absolute atomic E-state index is 0.649. The first-order valence-corrected chi connectivity index (χ1v) is 19.8. The lowest BCUT2D eigenvalue weighted by molar-refractivity contribution is 1.08. The van der Waals surface area contributed by atoms with Crippen LogP contribution < -0.4 is 5.46 Å². The number of benzene rings is 9. The van der Waals surface area contributed by atoms with Crippen molar-refractivity contribution in [3.8, 4) is 56.4 Å². The Hall–Kier alpha value is -6.95. The molecule has 0 bridgehead atoms. The highest BCUT2D eigenvalue weighted by Gasteiger charge is 2.19. The van der Waals surface area contributed by atoms with Gasteiger partial charge in [0.05, 0.1) is 0 Å². The number of aromatic nitrogens is 3. The Morgan fingerprint density at radius 2 is 0.857 bits per heavy atom. The van der Waals surface area contributed by atoms with Gasteiger partial charge in [0.1, 0.15) is 7.85 Å². The number of thiophene rings is 1. The average Bonchev–Trinajstić information content (AvgIpc) is 3.66. The van der Waals surface area contributed by atoms with Crippen LogP contribution in [0.4, 0.5) is 0 Å². The van der Waals surface area contributed by atoms with Crippen molar-refractivity contribution >= 4 is 77.1 Å². The van der Waals surface area contributed by atoms with E-state index < -0.39 is 0 Å². The van der Waals surface area contributed by atoms with Gasteiger partial charge in [-0.05, 0) is 78.8 Å². The highest BCUT2D eigenvalue weighted by Crippen LogP contribution is 2.42. The fourth-order valence-electron chi connectivity index (χ4n) is 8.35. The van der Waals surface area contributed by atoms with Crippen molar-refractivity contribution < 1.29 is 0 Å². The van der Waals surface area contributed by atoms with E-state index in [1.807, 2.05) is 35.6 Å². The summed E-state index contributed by atoms with van der Waals surface area (Å²) in [5, 5.41) is 10.1. The fourth-order valence-corrected chi connectivity index (χ4v) is 9.53. The van der Waals surface area contributed by atoms with Crippen LogP contribution in [0.2, 0.25) is 0 Å². The summed E-state index contributed by atoms with van der Waals surface area (Å²) < 4.78 is 2.49. The molecule has 9 aromatic carbocycles. The van der Waals surface area contributed by atoms with Gasteiger partial charge in [-0.15, -0.1) is 11.3 Å². The first-order chi connectivity index (χ1) is 27.7. The van der Waals surface area contributed by atoms with Crippen LogP contribution in [0.15, 0.2) is 182 Å². The molecule has 0 spiro atoms. The Kier molecular flexibility index (Phi) is 7.61. The minimum Gasteiger partial charge on any atom is -0.208 e. The Morgan fingerprint density at radius 1 is 0.339 bits per heavy atom. The molecule has 2 aromatic heterocycles. The number of nitrogens with zero attached hydrogens (tertiary/aromatic N) is 3. The quantitative estimate of drug-likeness (QED) is 0.131. The molecule has 2 heterocycles. The van der Waals surface area contributed by atoms with E-state index in [0.717, 1.165) is 27.8 Å². The van der Waals surface area contributed by atoms with Gasteiger partial charge < -0.3 is 0 Å². The van der Waals surface area contributed by atoms with E-state index in [0.29, 0.717) is 17.5 Å². The van der Waals surface area contributed by atoms with Crippen molar-refractivity contribution in [2.24, 2.45) is 0 Å². The summed E-state index contributed by atoms with van der Waals surface area (Å²) >= 11 is 1.84. The molecule has 3 nitrogen and oxygen atoms in total. The van der Waals surface area contributed by atoms with Crippen LogP contribution >= 0.6 is 11.3 Å². The van der Waals surface area contributed by atoms with Crippen molar-refractivity contribution in [3.05, 3.63) is 182 Å². The molecule has 0 N–H and O–H groups in total. The number of hydrogen-bond donors (Lipinski definition) is 0. The topological polar surface area (TPSA) is 38.7 Å².